The second-order valence-corrected chi connectivity index (χ2v) is 6.15. The first-order valence-corrected chi connectivity index (χ1v) is 8.36. The number of para-hydroxylation sites is 1. The Hall–Kier alpha value is -2.47. The Bertz CT molecular complexity index is 656. The maximum Gasteiger partial charge on any atom is 0.284 e. The summed E-state index contributed by atoms with van der Waals surface area (Å²) in [7, 11) is 1.85. The van der Waals surface area contributed by atoms with Crippen LogP contribution in [0.5, 0.6) is 0 Å². The molecule has 0 aliphatic carbocycles. The topological polar surface area (TPSA) is 53.8 Å². The van der Waals surface area contributed by atoms with Gasteiger partial charge >= 0.3 is 0 Å². The molecule has 126 valence electrons. The second-order valence-electron chi connectivity index (χ2n) is 6.15. The highest BCUT2D eigenvalue weighted by atomic mass is 16.2. The lowest BCUT2D eigenvalue weighted by Gasteiger charge is -2.35. The molecule has 0 unspecified atom stereocenters. The summed E-state index contributed by atoms with van der Waals surface area (Å²) in [5, 5.41) is 0. The van der Waals surface area contributed by atoms with Gasteiger partial charge in [0.1, 0.15) is 0 Å². The molecule has 1 aromatic heterocycles. The number of amides is 1. The van der Waals surface area contributed by atoms with Crippen molar-refractivity contribution in [3.63, 3.8) is 0 Å². The van der Waals surface area contributed by atoms with Gasteiger partial charge in [0.15, 0.2) is 6.04 Å². The van der Waals surface area contributed by atoms with Crippen LogP contribution in [0, 0.1) is 0 Å². The number of nitrogens with zero attached hydrogens (tertiary/aromatic N) is 4. The highest BCUT2D eigenvalue weighted by Crippen LogP contribution is 2.12. The summed E-state index contributed by atoms with van der Waals surface area (Å²) in [5.74, 6) is 0.928. The Morgan fingerprint density at radius 1 is 1.12 bits per heavy atom. The first kappa shape index (κ1) is 16.4. The van der Waals surface area contributed by atoms with Crippen molar-refractivity contribution in [2.24, 2.45) is 0 Å². The minimum Gasteiger partial charge on any atom is -0.330 e. The number of anilines is 2. The summed E-state index contributed by atoms with van der Waals surface area (Å²) < 4.78 is 0. The van der Waals surface area contributed by atoms with E-state index in [0.717, 1.165) is 37.8 Å². The van der Waals surface area contributed by atoms with Crippen molar-refractivity contribution in [3.05, 3.63) is 48.8 Å². The third-order valence-corrected chi connectivity index (χ3v) is 4.70. The van der Waals surface area contributed by atoms with Crippen molar-refractivity contribution in [3.8, 4) is 0 Å². The Morgan fingerprint density at radius 2 is 1.75 bits per heavy atom. The van der Waals surface area contributed by atoms with Crippen molar-refractivity contribution in [2.45, 2.75) is 13.0 Å². The molecule has 1 N–H and O–H groups in total. The molecule has 3 rings (SSSR count). The number of benzene rings is 1. The zero-order valence-electron chi connectivity index (χ0n) is 14.2. The third kappa shape index (κ3) is 3.54. The molecule has 1 aliphatic heterocycles. The van der Waals surface area contributed by atoms with Crippen LogP contribution in [0.1, 0.15) is 6.92 Å². The van der Waals surface area contributed by atoms with E-state index in [2.05, 4.69) is 14.9 Å². The minimum absolute atomic E-state index is 0.0611. The summed E-state index contributed by atoms with van der Waals surface area (Å²) in [5.41, 5.74) is 0.935. The summed E-state index contributed by atoms with van der Waals surface area (Å²) in [6.07, 6.45) is 3.53. The quantitative estimate of drug-likeness (QED) is 0.874. The Morgan fingerprint density at radius 3 is 2.38 bits per heavy atom. The van der Waals surface area contributed by atoms with Gasteiger partial charge in [-0.3, -0.25) is 4.79 Å². The number of nitrogens with one attached hydrogen (secondary N) is 1. The van der Waals surface area contributed by atoms with Gasteiger partial charge in [-0.05, 0) is 25.1 Å². The normalized spacial score (nSPS) is 16.7. The number of likely N-dealkylation sites (N-methyl/N-ethyl adjacent to an activating group) is 1. The van der Waals surface area contributed by atoms with E-state index in [1.54, 1.807) is 17.3 Å². The average molecular weight is 326 g/mol. The molecule has 6 heteroatoms. The number of hydrogen-bond acceptors (Lipinski definition) is 4. The Kier molecular flexibility index (Phi) is 5.05. The molecule has 2 heterocycles. The van der Waals surface area contributed by atoms with E-state index in [-0.39, 0.29) is 11.9 Å². The van der Waals surface area contributed by atoms with Crippen LogP contribution < -0.4 is 14.7 Å². The highest BCUT2D eigenvalue weighted by molar-refractivity contribution is 5.95. The molecule has 1 atom stereocenters. The lowest BCUT2D eigenvalue weighted by molar-refractivity contribution is -0.914. The first-order chi connectivity index (χ1) is 11.7. The number of carbonyl (C=O) groups excluding carboxylic acids is 1. The van der Waals surface area contributed by atoms with E-state index >= 15 is 0 Å². The monoisotopic (exact) mass is 326 g/mol. The number of quaternary nitrogens is 1. The van der Waals surface area contributed by atoms with E-state index in [1.807, 2.05) is 50.4 Å². The van der Waals surface area contributed by atoms with Crippen molar-refractivity contribution in [2.75, 3.05) is 43.0 Å². The van der Waals surface area contributed by atoms with Gasteiger partial charge in [0.2, 0.25) is 5.95 Å². The highest BCUT2D eigenvalue weighted by Gasteiger charge is 2.31. The van der Waals surface area contributed by atoms with Gasteiger partial charge in [-0.2, -0.15) is 0 Å². The van der Waals surface area contributed by atoms with Gasteiger partial charge in [-0.1, -0.05) is 18.2 Å². The maximum absolute atomic E-state index is 12.8. The molecule has 2 aromatic rings. The molecular weight excluding hydrogens is 302 g/mol. The van der Waals surface area contributed by atoms with Gasteiger partial charge in [0.25, 0.3) is 5.91 Å². The molecule has 1 aliphatic rings. The van der Waals surface area contributed by atoms with E-state index in [1.165, 1.54) is 4.90 Å². The Balaban J connectivity index is 1.58. The molecule has 1 amide bonds. The summed E-state index contributed by atoms with van der Waals surface area (Å²) in [6, 6.07) is 11.6. The predicted octanol–water partition coefficient (Wildman–Crippen LogP) is 0.233. The van der Waals surface area contributed by atoms with Gasteiger partial charge in [-0.25, -0.2) is 9.97 Å². The molecule has 0 saturated carbocycles. The second kappa shape index (κ2) is 7.40. The SMILES string of the molecule is C[C@@H](C(=O)N(C)c1ccccc1)[NH+]1CCN(c2ncccn2)CC1. The fraction of sp³-hybridized carbons (Fsp3) is 0.389. The van der Waals surface area contributed by atoms with Crippen molar-refractivity contribution in [1.29, 1.82) is 0 Å². The molecular formula is C18H24N5O+. The standard InChI is InChI=1S/C18H23N5O/c1-15(17(24)21(2)16-7-4-3-5-8-16)22-11-13-23(14-12-22)18-19-9-6-10-20-18/h3-10,15H,11-14H2,1-2H3/p+1/t15-/m0/s1. The van der Waals surface area contributed by atoms with E-state index in [0.29, 0.717) is 0 Å². The summed E-state index contributed by atoms with van der Waals surface area (Å²) in [6.45, 7) is 5.57. The van der Waals surface area contributed by atoms with Crippen LogP contribution in [0.2, 0.25) is 0 Å². The van der Waals surface area contributed by atoms with E-state index in [4.69, 9.17) is 0 Å². The molecule has 0 bridgehead atoms. The number of piperazine rings is 1. The zero-order chi connectivity index (χ0) is 16.9. The number of hydrogen-bond donors (Lipinski definition) is 1. The van der Waals surface area contributed by atoms with Crippen LogP contribution in [-0.4, -0.2) is 55.1 Å². The molecule has 1 saturated heterocycles. The van der Waals surface area contributed by atoms with E-state index < -0.39 is 0 Å². The molecule has 0 spiro atoms. The fourth-order valence-corrected chi connectivity index (χ4v) is 3.13. The summed E-state index contributed by atoms with van der Waals surface area (Å²) in [4.78, 5) is 26.6. The van der Waals surface area contributed by atoms with Gasteiger partial charge in [-0.15, -0.1) is 0 Å². The molecule has 1 aromatic carbocycles. The smallest absolute Gasteiger partial charge is 0.284 e. The third-order valence-electron chi connectivity index (χ3n) is 4.70. The Labute approximate surface area is 142 Å². The average Bonchev–Trinajstić information content (AvgIpc) is 2.68. The van der Waals surface area contributed by atoms with Gasteiger partial charge in [0, 0.05) is 25.1 Å². The number of carbonyl (C=O) groups is 1. The minimum atomic E-state index is -0.0611. The largest absolute Gasteiger partial charge is 0.330 e. The number of aromatic nitrogens is 2. The van der Waals surface area contributed by atoms with Crippen molar-refractivity contribution >= 4 is 17.5 Å². The maximum atomic E-state index is 12.8. The van der Waals surface area contributed by atoms with Crippen LogP contribution in [0.15, 0.2) is 48.8 Å². The van der Waals surface area contributed by atoms with Gasteiger partial charge < -0.3 is 14.7 Å². The van der Waals surface area contributed by atoms with Crippen LogP contribution in [0.3, 0.4) is 0 Å². The number of rotatable bonds is 4. The lowest BCUT2D eigenvalue weighted by Crippen LogP contribution is -3.19. The molecule has 1 fully saturated rings. The lowest BCUT2D eigenvalue weighted by atomic mass is 10.2. The first-order valence-electron chi connectivity index (χ1n) is 8.36. The molecule has 24 heavy (non-hydrogen) atoms. The van der Waals surface area contributed by atoms with Crippen LogP contribution >= 0.6 is 0 Å². The van der Waals surface area contributed by atoms with E-state index in [9.17, 15) is 4.79 Å². The predicted molar refractivity (Wildman–Crippen MR) is 94.3 cm³/mol. The molecule has 6 nitrogen and oxygen atoms in total. The zero-order valence-corrected chi connectivity index (χ0v) is 14.2. The van der Waals surface area contributed by atoms with Crippen molar-refractivity contribution < 1.29 is 9.69 Å². The van der Waals surface area contributed by atoms with Crippen molar-refractivity contribution in [1.82, 2.24) is 9.97 Å². The van der Waals surface area contributed by atoms with Gasteiger partial charge in [0.05, 0.1) is 26.2 Å². The van der Waals surface area contributed by atoms with Crippen LogP contribution in [0.25, 0.3) is 0 Å². The van der Waals surface area contributed by atoms with Crippen LogP contribution in [-0.2, 0) is 4.79 Å². The summed E-state index contributed by atoms with van der Waals surface area (Å²) >= 11 is 0. The molecule has 0 radical (unpaired) electrons. The fourth-order valence-electron chi connectivity index (χ4n) is 3.13. The van der Waals surface area contributed by atoms with Crippen LogP contribution in [0.4, 0.5) is 11.6 Å².